The van der Waals surface area contributed by atoms with Gasteiger partial charge in [0.25, 0.3) is 0 Å². The number of aliphatic hydroxyl groups is 1. The molecule has 18 heavy (non-hydrogen) atoms. The smallest absolute Gasteiger partial charge is 0.0962 e. The Kier molecular flexibility index (Phi) is 4.07. The summed E-state index contributed by atoms with van der Waals surface area (Å²) in [4.78, 5) is 0. The lowest BCUT2D eigenvalue weighted by Crippen LogP contribution is -2.13. The minimum Gasteiger partial charge on any atom is -0.397 e. The molecule has 0 aliphatic heterocycles. The lowest BCUT2D eigenvalue weighted by molar-refractivity contribution is 0.191. The minimum atomic E-state index is -0.568. The van der Waals surface area contributed by atoms with Crippen molar-refractivity contribution in [3.8, 4) is 0 Å². The van der Waals surface area contributed by atoms with E-state index in [1.807, 2.05) is 30.3 Å². The summed E-state index contributed by atoms with van der Waals surface area (Å²) >= 11 is 5.82. The van der Waals surface area contributed by atoms with Crippen LogP contribution in [0.5, 0.6) is 0 Å². The van der Waals surface area contributed by atoms with Crippen LogP contribution in [0.1, 0.15) is 11.7 Å². The van der Waals surface area contributed by atoms with Gasteiger partial charge in [0.1, 0.15) is 0 Å². The number of rotatable bonds is 4. The molecule has 1 unspecified atom stereocenters. The molecule has 2 aromatic rings. The number of nitrogens with one attached hydrogen (secondary N) is 1. The predicted molar refractivity (Wildman–Crippen MR) is 75.8 cm³/mol. The van der Waals surface area contributed by atoms with Gasteiger partial charge in [0.2, 0.25) is 0 Å². The van der Waals surface area contributed by atoms with E-state index in [-0.39, 0.29) is 0 Å². The molecule has 0 amide bonds. The fourth-order valence-corrected chi connectivity index (χ4v) is 1.87. The van der Waals surface area contributed by atoms with E-state index in [1.54, 1.807) is 18.2 Å². The van der Waals surface area contributed by atoms with Gasteiger partial charge in [-0.1, -0.05) is 41.9 Å². The molecule has 0 bridgehead atoms. The Hall–Kier alpha value is -1.71. The van der Waals surface area contributed by atoms with Gasteiger partial charge in [-0.3, -0.25) is 0 Å². The largest absolute Gasteiger partial charge is 0.397 e. The maximum absolute atomic E-state index is 10.00. The minimum absolute atomic E-state index is 0.399. The highest BCUT2D eigenvalue weighted by Gasteiger charge is 2.07. The highest BCUT2D eigenvalue weighted by Crippen LogP contribution is 2.23. The number of hydrogen-bond donors (Lipinski definition) is 3. The van der Waals surface area contributed by atoms with Crippen molar-refractivity contribution < 1.29 is 5.11 Å². The summed E-state index contributed by atoms with van der Waals surface area (Å²) in [5, 5.41) is 13.7. The summed E-state index contributed by atoms with van der Waals surface area (Å²) in [5.41, 5.74) is 8.04. The first kappa shape index (κ1) is 12.7. The van der Waals surface area contributed by atoms with E-state index in [0.717, 1.165) is 11.3 Å². The Morgan fingerprint density at radius 2 is 1.89 bits per heavy atom. The van der Waals surface area contributed by atoms with Gasteiger partial charge in [-0.15, -0.1) is 0 Å². The molecule has 0 radical (unpaired) electrons. The number of anilines is 2. The van der Waals surface area contributed by atoms with Gasteiger partial charge in [0.15, 0.2) is 0 Å². The van der Waals surface area contributed by atoms with E-state index < -0.39 is 6.10 Å². The van der Waals surface area contributed by atoms with Crippen LogP contribution in [0.4, 0.5) is 11.4 Å². The van der Waals surface area contributed by atoms with Crippen molar-refractivity contribution in [1.82, 2.24) is 0 Å². The summed E-state index contributed by atoms with van der Waals surface area (Å²) in [6.07, 6.45) is -0.568. The van der Waals surface area contributed by atoms with E-state index in [0.29, 0.717) is 17.3 Å². The average molecular weight is 263 g/mol. The summed E-state index contributed by atoms with van der Waals surface area (Å²) in [7, 11) is 0. The van der Waals surface area contributed by atoms with Gasteiger partial charge < -0.3 is 16.2 Å². The van der Waals surface area contributed by atoms with Crippen molar-refractivity contribution >= 4 is 23.0 Å². The number of aliphatic hydroxyl groups excluding tert-OH is 1. The Bertz CT molecular complexity index is 516. The molecule has 0 saturated carbocycles. The van der Waals surface area contributed by atoms with Crippen LogP contribution in [0.3, 0.4) is 0 Å². The fourth-order valence-electron chi connectivity index (χ4n) is 1.69. The lowest BCUT2D eigenvalue weighted by Gasteiger charge is -2.14. The molecule has 0 fully saturated rings. The fraction of sp³-hybridized carbons (Fsp3) is 0.143. The van der Waals surface area contributed by atoms with Crippen LogP contribution in [0, 0.1) is 0 Å². The molecule has 0 spiro atoms. The third kappa shape index (κ3) is 3.15. The van der Waals surface area contributed by atoms with Gasteiger partial charge >= 0.3 is 0 Å². The van der Waals surface area contributed by atoms with Crippen molar-refractivity contribution in [3.63, 3.8) is 0 Å². The van der Waals surface area contributed by atoms with Crippen molar-refractivity contribution in [2.24, 2.45) is 0 Å². The van der Waals surface area contributed by atoms with Gasteiger partial charge in [-0.2, -0.15) is 0 Å². The highest BCUT2D eigenvalue weighted by atomic mass is 35.5. The Morgan fingerprint density at radius 3 is 2.56 bits per heavy atom. The first-order valence-corrected chi connectivity index (χ1v) is 6.06. The molecule has 4 N–H and O–H groups in total. The number of halogens is 1. The quantitative estimate of drug-likeness (QED) is 0.742. The molecule has 0 aliphatic rings. The summed E-state index contributed by atoms with van der Waals surface area (Å²) in [5.74, 6) is 0. The maximum Gasteiger partial charge on any atom is 0.0962 e. The Balaban J connectivity index is 1.99. The van der Waals surface area contributed by atoms with E-state index in [9.17, 15) is 5.11 Å². The normalized spacial score (nSPS) is 12.1. The Morgan fingerprint density at radius 1 is 1.17 bits per heavy atom. The van der Waals surface area contributed by atoms with Crippen molar-refractivity contribution in [2.75, 3.05) is 17.6 Å². The van der Waals surface area contributed by atoms with E-state index in [1.165, 1.54) is 0 Å². The van der Waals surface area contributed by atoms with Crippen LogP contribution in [0.2, 0.25) is 5.02 Å². The standard InChI is InChI=1S/C14H15ClN2O/c15-11-6-7-13(12(16)8-11)17-9-14(18)10-4-2-1-3-5-10/h1-8,14,17-18H,9,16H2. The monoisotopic (exact) mass is 262 g/mol. The van der Waals surface area contributed by atoms with Crippen LogP contribution in [0.15, 0.2) is 48.5 Å². The molecule has 2 rings (SSSR count). The van der Waals surface area contributed by atoms with Crippen LogP contribution >= 0.6 is 11.6 Å². The van der Waals surface area contributed by atoms with Crippen LogP contribution in [-0.4, -0.2) is 11.7 Å². The number of benzene rings is 2. The summed E-state index contributed by atoms with van der Waals surface area (Å²) in [6.45, 7) is 0.399. The molecule has 0 aliphatic carbocycles. The molecule has 3 nitrogen and oxygen atoms in total. The van der Waals surface area contributed by atoms with Crippen LogP contribution in [0.25, 0.3) is 0 Å². The molecule has 0 saturated heterocycles. The molecule has 1 atom stereocenters. The van der Waals surface area contributed by atoms with Gasteiger partial charge in [0.05, 0.1) is 17.5 Å². The first-order valence-electron chi connectivity index (χ1n) is 5.69. The molecule has 0 aromatic heterocycles. The van der Waals surface area contributed by atoms with E-state index in [2.05, 4.69) is 5.32 Å². The molecule has 94 valence electrons. The zero-order valence-corrected chi connectivity index (χ0v) is 10.6. The third-order valence-corrected chi connectivity index (χ3v) is 2.92. The topological polar surface area (TPSA) is 58.3 Å². The van der Waals surface area contributed by atoms with Crippen molar-refractivity contribution in [2.45, 2.75) is 6.10 Å². The third-order valence-electron chi connectivity index (χ3n) is 2.68. The van der Waals surface area contributed by atoms with Gasteiger partial charge in [0, 0.05) is 11.6 Å². The van der Waals surface area contributed by atoms with Gasteiger partial charge in [-0.25, -0.2) is 0 Å². The molecule has 2 aromatic carbocycles. The van der Waals surface area contributed by atoms with Gasteiger partial charge in [-0.05, 0) is 23.8 Å². The zero-order chi connectivity index (χ0) is 13.0. The van der Waals surface area contributed by atoms with Crippen molar-refractivity contribution in [1.29, 1.82) is 0 Å². The second-order valence-corrected chi connectivity index (χ2v) is 4.48. The zero-order valence-electron chi connectivity index (χ0n) is 9.81. The van der Waals surface area contributed by atoms with E-state index >= 15 is 0 Å². The summed E-state index contributed by atoms with van der Waals surface area (Å²) in [6, 6.07) is 14.7. The number of hydrogen-bond acceptors (Lipinski definition) is 3. The number of nitrogen functional groups attached to an aromatic ring is 1. The average Bonchev–Trinajstić information content (AvgIpc) is 2.38. The maximum atomic E-state index is 10.00. The molecular formula is C14H15ClN2O. The molecular weight excluding hydrogens is 248 g/mol. The second kappa shape index (κ2) is 5.76. The van der Waals surface area contributed by atoms with E-state index in [4.69, 9.17) is 17.3 Å². The van der Waals surface area contributed by atoms with Crippen molar-refractivity contribution in [3.05, 3.63) is 59.1 Å². The van der Waals surface area contributed by atoms with Crippen LogP contribution < -0.4 is 11.1 Å². The molecule has 4 heteroatoms. The predicted octanol–water partition coefficient (Wildman–Crippen LogP) is 3.07. The highest BCUT2D eigenvalue weighted by molar-refractivity contribution is 6.31. The van der Waals surface area contributed by atoms with Crippen LogP contribution in [-0.2, 0) is 0 Å². The summed E-state index contributed by atoms with van der Waals surface area (Å²) < 4.78 is 0. The second-order valence-electron chi connectivity index (χ2n) is 4.04. The first-order chi connectivity index (χ1) is 8.66. The lowest BCUT2D eigenvalue weighted by atomic mass is 10.1. The molecule has 0 heterocycles. The Labute approximate surface area is 111 Å². The SMILES string of the molecule is Nc1cc(Cl)ccc1NCC(O)c1ccccc1. The number of nitrogens with two attached hydrogens (primary N) is 1.